The van der Waals surface area contributed by atoms with Gasteiger partial charge in [0.05, 0.1) is 4.88 Å². The highest BCUT2D eigenvalue weighted by atomic mass is 32.1. The topological polar surface area (TPSA) is 37.4 Å². The first kappa shape index (κ1) is 13.3. The van der Waals surface area contributed by atoms with Gasteiger partial charge < -0.3 is 4.90 Å². The fraction of sp³-hybridized carbons (Fsp3) is 0.571. The van der Waals surface area contributed by atoms with Crippen LogP contribution >= 0.6 is 11.3 Å². The molecule has 0 radical (unpaired) electrons. The van der Waals surface area contributed by atoms with Crippen LogP contribution < -0.4 is 0 Å². The van der Waals surface area contributed by atoms with Gasteiger partial charge in [0.25, 0.3) is 5.91 Å². The summed E-state index contributed by atoms with van der Waals surface area (Å²) in [6, 6.07) is 2.19. The molecule has 1 saturated carbocycles. The first-order valence-corrected chi connectivity index (χ1v) is 7.16. The van der Waals surface area contributed by atoms with Gasteiger partial charge in [0.1, 0.15) is 5.78 Å². The minimum absolute atomic E-state index is 0.0931. The van der Waals surface area contributed by atoms with Crippen LogP contribution in [0.5, 0.6) is 0 Å². The summed E-state index contributed by atoms with van der Waals surface area (Å²) in [4.78, 5) is 27.4. The summed E-state index contributed by atoms with van der Waals surface area (Å²) in [6.45, 7) is 4.07. The third-order valence-electron chi connectivity index (χ3n) is 3.76. The van der Waals surface area contributed by atoms with Gasteiger partial charge in [-0.25, -0.2) is 0 Å². The molecule has 2 rings (SSSR count). The first-order chi connectivity index (χ1) is 8.49. The van der Waals surface area contributed by atoms with Crippen LogP contribution in [0.3, 0.4) is 0 Å². The highest BCUT2D eigenvalue weighted by Gasteiger charge is 2.26. The molecule has 18 heavy (non-hydrogen) atoms. The van der Waals surface area contributed by atoms with Gasteiger partial charge >= 0.3 is 0 Å². The maximum atomic E-state index is 12.3. The first-order valence-electron chi connectivity index (χ1n) is 6.35. The number of Topliss-reactive ketones (excluding diaryl/α,β-unsaturated/α-hetero) is 1. The Kier molecular flexibility index (Phi) is 3.85. The Morgan fingerprint density at radius 1 is 1.33 bits per heavy atom. The molecule has 1 fully saturated rings. The highest BCUT2D eigenvalue weighted by molar-refractivity contribution is 7.14. The molecule has 0 N–H and O–H groups in total. The van der Waals surface area contributed by atoms with Crippen molar-refractivity contribution in [3.63, 3.8) is 0 Å². The number of nitrogens with zero attached hydrogens (tertiary/aromatic N) is 1. The molecule has 4 heteroatoms. The lowest BCUT2D eigenvalue weighted by Crippen LogP contribution is -2.39. The Hall–Kier alpha value is -1.16. The van der Waals surface area contributed by atoms with Crippen molar-refractivity contribution in [2.75, 3.05) is 7.05 Å². The smallest absolute Gasteiger partial charge is 0.263 e. The van der Waals surface area contributed by atoms with E-state index in [1.807, 2.05) is 31.9 Å². The van der Waals surface area contributed by atoms with Crippen molar-refractivity contribution < 1.29 is 9.59 Å². The molecule has 1 heterocycles. The number of amides is 1. The van der Waals surface area contributed by atoms with Crippen molar-refractivity contribution >= 4 is 23.0 Å². The quantitative estimate of drug-likeness (QED) is 0.824. The number of thiophene rings is 1. The Bertz CT molecular complexity index is 449. The molecule has 1 aromatic heterocycles. The number of aryl methyl sites for hydroxylation is 2. The van der Waals surface area contributed by atoms with E-state index in [1.165, 1.54) is 10.4 Å². The number of hydrogen-bond acceptors (Lipinski definition) is 3. The van der Waals surface area contributed by atoms with E-state index in [0.29, 0.717) is 18.6 Å². The number of ketones is 1. The molecule has 0 atom stereocenters. The summed E-state index contributed by atoms with van der Waals surface area (Å²) in [5.74, 6) is 0.422. The maximum Gasteiger partial charge on any atom is 0.263 e. The summed E-state index contributed by atoms with van der Waals surface area (Å²) >= 11 is 1.56. The maximum absolute atomic E-state index is 12.3. The SMILES string of the molecule is Cc1cc(C(=O)N(C)C2CCC(=O)CC2)sc1C. The second-order valence-electron chi connectivity index (χ2n) is 5.04. The molecular weight excluding hydrogens is 246 g/mol. The second kappa shape index (κ2) is 5.22. The normalized spacial score (nSPS) is 16.9. The Balaban J connectivity index is 2.06. The van der Waals surface area contributed by atoms with Crippen LogP contribution in [0, 0.1) is 13.8 Å². The predicted molar refractivity (Wildman–Crippen MR) is 73.1 cm³/mol. The molecule has 1 amide bonds. The molecular formula is C14H19NO2S. The summed E-state index contributed by atoms with van der Waals surface area (Å²) in [5.41, 5.74) is 1.18. The van der Waals surface area contributed by atoms with Gasteiger partial charge in [0.2, 0.25) is 0 Å². The Labute approximate surface area is 112 Å². The van der Waals surface area contributed by atoms with Gasteiger partial charge in [-0.05, 0) is 38.3 Å². The van der Waals surface area contributed by atoms with Gasteiger partial charge in [0.15, 0.2) is 0 Å². The van der Waals surface area contributed by atoms with Crippen molar-refractivity contribution in [1.29, 1.82) is 0 Å². The lowest BCUT2D eigenvalue weighted by Gasteiger charge is -2.30. The van der Waals surface area contributed by atoms with Crippen molar-refractivity contribution in [3.8, 4) is 0 Å². The van der Waals surface area contributed by atoms with E-state index in [-0.39, 0.29) is 11.9 Å². The minimum atomic E-state index is 0.0931. The van der Waals surface area contributed by atoms with Crippen molar-refractivity contribution in [2.45, 2.75) is 45.6 Å². The number of carbonyl (C=O) groups is 2. The fourth-order valence-corrected chi connectivity index (χ4v) is 3.35. The molecule has 98 valence electrons. The zero-order chi connectivity index (χ0) is 13.3. The highest BCUT2D eigenvalue weighted by Crippen LogP contribution is 2.25. The lowest BCUT2D eigenvalue weighted by molar-refractivity contribution is -0.121. The van der Waals surface area contributed by atoms with Crippen LogP contribution in [0.2, 0.25) is 0 Å². The number of rotatable bonds is 2. The van der Waals surface area contributed by atoms with E-state index >= 15 is 0 Å². The molecule has 0 saturated heterocycles. The summed E-state index contributed by atoms with van der Waals surface area (Å²) in [7, 11) is 1.85. The van der Waals surface area contributed by atoms with Gasteiger partial charge in [-0.1, -0.05) is 0 Å². The molecule has 1 aliphatic carbocycles. The average molecular weight is 265 g/mol. The van der Waals surface area contributed by atoms with E-state index < -0.39 is 0 Å². The van der Waals surface area contributed by atoms with Crippen LogP contribution in [0.15, 0.2) is 6.07 Å². The zero-order valence-corrected chi connectivity index (χ0v) is 12.0. The predicted octanol–water partition coefficient (Wildman–Crippen LogP) is 2.95. The molecule has 0 spiro atoms. The third-order valence-corrected chi connectivity index (χ3v) is 4.90. The Morgan fingerprint density at radius 3 is 2.44 bits per heavy atom. The number of carbonyl (C=O) groups excluding carboxylic acids is 2. The van der Waals surface area contributed by atoms with Crippen LogP contribution in [0.4, 0.5) is 0 Å². The Morgan fingerprint density at radius 2 is 1.94 bits per heavy atom. The molecule has 1 aromatic rings. The second-order valence-corrected chi connectivity index (χ2v) is 6.29. The molecule has 0 aliphatic heterocycles. The van der Waals surface area contributed by atoms with E-state index in [9.17, 15) is 9.59 Å². The lowest BCUT2D eigenvalue weighted by atomic mass is 9.93. The van der Waals surface area contributed by atoms with Crippen molar-refractivity contribution in [1.82, 2.24) is 4.90 Å². The third kappa shape index (κ3) is 2.64. The average Bonchev–Trinajstić information content (AvgIpc) is 2.69. The van der Waals surface area contributed by atoms with Crippen LogP contribution in [-0.2, 0) is 4.79 Å². The monoisotopic (exact) mass is 265 g/mol. The molecule has 3 nitrogen and oxygen atoms in total. The van der Waals surface area contributed by atoms with Gasteiger partial charge in [-0.3, -0.25) is 9.59 Å². The van der Waals surface area contributed by atoms with E-state index in [0.717, 1.165) is 17.7 Å². The van der Waals surface area contributed by atoms with Crippen LogP contribution in [0.25, 0.3) is 0 Å². The van der Waals surface area contributed by atoms with E-state index in [2.05, 4.69) is 0 Å². The molecule has 0 bridgehead atoms. The minimum Gasteiger partial charge on any atom is -0.338 e. The standard InChI is InChI=1S/C14H19NO2S/c1-9-8-13(18-10(9)2)14(17)15(3)11-4-6-12(16)7-5-11/h8,11H,4-7H2,1-3H3. The largest absolute Gasteiger partial charge is 0.338 e. The van der Waals surface area contributed by atoms with Gasteiger partial charge in [0, 0.05) is 30.8 Å². The molecule has 1 aliphatic rings. The van der Waals surface area contributed by atoms with Crippen molar-refractivity contribution in [3.05, 3.63) is 21.4 Å². The summed E-state index contributed by atoms with van der Waals surface area (Å²) < 4.78 is 0. The molecule has 0 aromatic carbocycles. The summed E-state index contributed by atoms with van der Waals surface area (Å²) in [5, 5.41) is 0. The zero-order valence-electron chi connectivity index (χ0n) is 11.2. The number of hydrogen-bond donors (Lipinski definition) is 0. The summed E-state index contributed by atoms with van der Waals surface area (Å²) in [6.07, 6.45) is 2.85. The van der Waals surface area contributed by atoms with E-state index in [4.69, 9.17) is 0 Å². The van der Waals surface area contributed by atoms with E-state index in [1.54, 1.807) is 11.3 Å². The molecule has 0 unspecified atom stereocenters. The van der Waals surface area contributed by atoms with Gasteiger partial charge in [-0.15, -0.1) is 11.3 Å². The van der Waals surface area contributed by atoms with Crippen molar-refractivity contribution in [2.24, 2.45) is 0 Å². The fourth-order valence-electron chi connectivity index (χ4n) is 2.33. The van der Waals surface area contributed by atoms with Gasteiger partial charge in [-0.2, -0.15) is 0 Å². The van der Waals surface area contributed by atoms with Crippen LogP contribution in [0.1, 0.15) is 45.8 Å². The van der Waals surface area contributed by atoms with Crippen LogP contribution in [-0.4, -0.2) is 29.7 Å².